The van der Waals surface area contributed by atoms with Crippen LogP contribution in [0.3, 0.4) is 0 Å². The second-order valence-electron chi connectivity index (χ2n) is 5.84. The third-order valence-corrected chi connectivity index (χ3v) is 2.88. The zero-order valence-corrected chi connectivity index (χ0v) is 13.0. The maximum absolute atomic E-state index is 5.46. The minimum atomic E-state index is -0.109. The molecule has 6 nitrogen and oxygen atoms in total. The van der Waals surface area contributed by atoms with Gasteiger partial charge in [0.25, 0.3) is 0 Å². The number of anilines is 2. The van der Waals surface area contributed by atoms with Crippen molar-refractivity contribution < 1.29 is 4.74 Å². The molecule has 4 N–H and O–H groups in total. The number of unbranched alkanes of at least 4 members (excludes halogenated alkanes) is 2. The minimum absolute atomic E-state index is 0.109. The highest BCUT2D eigenvalue weighted by Crippen LogP contribution is 2.21. The summed E-state index contributed by atoms with van der Waals surface area (Å²) < 4.78 is 5.03. The second-order valence-corrected chi connectivity index (χ2v) is 5.84. The third kappa shape index (κ3) is 5.71. The first-order chi connectivity index (χ1) is 9.47. The maximum Gasteiger partial charge on any atom is 0.145 e. The van der Waals surface area contributed by atoms with Gasteiger partial charge in [0.1, 0.15) is 17.5 Å². The van der Waals surface area contributed by atoms with Gasteiger partial charge in [0, 0.05) is 31.7 Å². The number of nitrogens with one attached hydrogen (secondary N) is 2. The van der Waals surface area contributed by atoms with Crippen molar-refractivity contribution in [3.05, 3.63) is 11.9 Å². The summed E-state index contributed by atoms with van der Waals surface area (Å²) in [4.78, 5) is 8.93. The number of aromatic nitrogens is 2. The highest BCUT2D eigenvalue weighted by atomic mass is 16.5. The van der Waals surface area contributed by atoms with E-state index in [9.17, 15) is 0 Å². The van der Waals surface area contributed by atoms with Crippen LogP contribution in [0, 0.1) is 0 Å². The Kier molecular flexibility index (Phi) is 6.67. The molecule has 0 aliphatic carbocycles. The summed E-state index contributed by atoms with van der Waals surface area (Å²) in [5.41, 5.74) is 2.48. The largest absolute Gasteiger partial charge is 0.385 e. The topological polar surface area (TPSA) is 85.1 Å². The monoisotopic (exact) mass is 281 g/mol. The molecule has 0 radical (unpaired) electrons. The van der Waals surface area contributed by atoms with Crippen LogP contribution in [0.25, 0.3) is 0 Å². The molecule has 1 heterocycles. The van der Waals surface area contributed by atoms with Crippen molar-refractivity contribution in [1.82, 2.24) is 9.97 Å². The maximum atomic E-state index is 5.46. The van der Waals surface area contributed by atoms with Crippen molar-refractivity contribution in [2.75, 3.05) is 31.0 Å². The van der Waals surface area contributed by atoms with E-state index < -0.39 is 0 Å². The number of rotatable bonds is 8. The lowest BCUT2D eigenvalue weighted by Gasteiger charge is -2.18. The second kappa shape index (κ2) is 8.01. The van der Waals surface area contributed by atoms with Gasteiger partial charge in [-0.05, 0) is 19.3 Å². The van der Waals surface area contributed by atoms with Gasteiger partial charge in [-0.3, -0.25) is 0 Å². The fraction of sp³-hybridized carbons (Fsp3) is 0.714. The van der Waals surface area contributed by atoms with Crippen molar-refractivity contribution >= 4 is 11.6 Å². The van der Waals surface area contributed by atoms with Crippen molar-refractivity contribution in [2.24, 2.45) is 5.84 Å². The Morgan fingerprint density at radius 2 is 1.85 bits per heavy atom. The zero-order chi connectivity index (χ0) is 15.0. The first-order valence-corrected chi connectivity index (χ1v) is 7.06. The molecule has 1 aromatic rings. The SMILES string of the molecule is COCCCCCNc1cc(NN)nc(C(C)(C)C)n1. The van der Waals surface area contributed by atoms with Crippen molar-refractivity contribution in [1.29, 1.82) is 0 Å². The van der Waals surface area contributed by atoms with Crippen LogP contribution in [0.15, 0.2) is 6.07 Å². The average molecular weight is 281 g/mol. The Bertz CT molecular complexity index is 403. The van der Waals surface area contributed by atoms with Crippen LogP contribution in [0.2, 0.25) is 0 Å². The van der Waals surface area contributed by atoms with E-state index in [-0.39, 0.29) is 5.41 Å². The molecule has 1 aromatic heterocycles. The summed E-state index contributed by atoms with van der Waals surface area (Å²) in [6.07, 6.45) is 3.31. The van der Waals surface area contributed by atoms with Crippen LogP contribution in [-0.2, 0) is 10.2 Å². The van der Waals surface area contributed by atoms with E-state index in [2.05, 4.69) is 41.5 Å². The molecular weight excluding hydrogens is 254 g/mol. The molecule has 20 heavy (non-hydrogen) atoms. The van der Waals surface area contributed by atoms with Crippen LogP contribution in [0.1, 0.15) is 45.9 Å². The molecule has 0 unspecified atom stereocenters. The molecule has 0 aliphatic heterocycles. The molecule has 114 valence electrons. The Hall–Kier alpha value is -1.40. The molecular formula is C14H27N5O. The number of hydrogen-bond acceptors (Lipinski definition) is 6. The van der Waals surface area contributed by atoms with Gasteiger partial charge in [0.05, 0.1) is 0 Å². The van der Waals surface area contributed by atoms with Gasteiger partial charge >= 0.3 is 0 Å². The normalized spacial score (nSPS) is 11.4. The molecule has 0 atom stereocenters. The Morgan fingerprint density at radius 1 is 1.15 bits per heavy atom. The van der Waals surface area contributed by atoms with Crippen LogP contribution in [0.5, 0.6) is 0 Å². The predicted molar refractivity (Wildman–Crippen MR) is 82.8 cm³/mol. The van der Waals surface area contributed by atoms with Crippen LogP contribution >= 0.6 is 0 Å². The van der Waals surface area contributed by atoms with E-state index in [0.29, 0.717) is 5.82 Å². The van der Waals surface area contributed by atoms with E-state index >= 15 is 0 Å². The molecule has 0 aromatic carbocycles. The lowest BCUT2D eigenvalue weighted by molar-refractivity contribution is 0.192. The Morgan fingerprint density at radius 3 is 2.45 bits per heavy atom. The van der Waals surface area contributed by atoms with Crippen molar-refractivity contribution in [3.63, 3.8) is 0 Å². The fourth-order valence-electron chi connectivity index (χ4n) is 1.71. The molecule has 6 heteroatoms. The van der Waals surface area contributed by atoms with Gasteiger partial charge in [-0.1, -0.05) is 20.8 Å². The van der Waals surface area contributed by atoms with Gasteiger partial charge < -0.3 is 15.5 Å². The van der Waals surface area contributed by atoms with E-state index in [0.717, 1.165) is 44.1 Å². The number of hydrogen-bond donors (Lipinski definition) is 3. The zero-order valence-electron chi connectivity index (χ0n) is 13.0. The number of hydrazine groups is 1. The number of nitrogens with zero attached hydrogens (tertiary/aromatic N) is 2. The smallest absolute Gasteiger partial charge is 0.145 e. The van der Waals surface area contributed by atoms with Crippen molar-refractivity contribution in [3.8, 4) is 0 Å². The summed E-state index contributed by atoms with van der Waals surface area (Å²) in [6, 6.07) is 1.82. The molecule has 0 bridgehead atoms. The van der Waals surface area contributed by atoms with Crippen LogP contribution in [0.4, 0.5) is 11.6 Å². The van der Waals surface area contributed by atoms with Gasteiger partial charge in [0.2, 0.25) is 0 Å². The summed E-state index contributed by atoms with van der Waals surface area (Å²) in [7, 11) is 1.73. The fourth-order valence-corrected chi connectivity index (χ4v) is 1.71. The van der Waals surface area contributed by atoms with Gasteiger partial charge in [0.15, 0.2) is 0 Å². The number of ether oxygens (including phenoxy) is 1. The van der Waals surface area contributed by atoms with Crippen molar-refractivity contribution in [2.45, 2.75) is 45.4 Å². The quantitative estimate of drug-likeness (QED) is 0.385. The molecule has 1 rings (SSSR count). The number of methoxy groups -OCH3 is 1. The number of nitrogens with two attached hydrogens (primary N) is 1. The van der Waals surface area contributed by atoms with E-state index in [1.807, 2.05) is 6.07 Å². The molecule has 0 amide bonds. The molecule has 0 saturated carbocycles. The first kappa shape index (κ1) is 16.7. The highest BCUT2D eigenvalue weighted by molar-refractivity contribution is 5.47. The van der Waals surface area contributed by atoms with Crippen LogP contribution in [-0.4, -0.2) is 30.2 Å². The highest BCUT2D eigenvalue weighted by Gasteiger charge is 2.18. The van der Waals surface area contributed by atoms with E-state index in [1.54, 1.807) is 7.11 Å². The van der Waals surface area contributed by atoms with Gasteiger partial charge in [-0.2, -0.15) is 0 Å². The summed E-state index contributed by atoms with van der Waals surface area (Å²) >= 11 is 0. The number of nitrogen functional groups attached to an aromatic ring is 1. The van der Waals surface area contributed by atoms with Gasteiger partial charge in [-0.25, -0.2) is 15.8 Å². The molecule has 0 saturated heterocycles. The lowest BCUT2D eigenvalue weighted by atomic mass is 9.96. The first-order valence-electron chi connectivity index (χ1n) is 7.06. The third-order valence-electron chi connectivity index (χ3n) is 2.88. The summed E-state index contributed by atoms with van der Waals surface area (Å²) in [5.74, 6) is 7.67. The van der Waals surface area contributed by atoms with Gasteiger partial charge in [-0.15, -0.1) is 0 Å². The molecule has 0 aliphatic rings. The van der Waals surface area contributed by atoms with E-state index in [1.165, 1.54) is 0 Å². The Balaban J connectivity index is 2.56. The predicted octanol–water partition coefficient (Wildman–Crippen LogP) is 2.29. The molecule has 0 spiro atoms. The average Bonchev–Trinajstić information content (AvgIpc) is 2.41. The van der Waals surface area contributed by atoms with Crippen LogP contribution < -0.4 is 16.6 Å². The Labute approximate surface area is 121 Å². The molecule has 0 fully saturated rings. The minimum Gasteiger partial charge on any atom is -0.385 e. The summed E-state index contributed by atoms with van der Waals surface area (Å²) in [6.45, 7) is 7.95. The van der Waals surface area contributed by atoms with E-state index in [4.69, 9.17) is 10.6 Å². The lowest BCUT2D eigenvalue weighted by Crippen LogP contribution is -2.20. The summed E-state index contributed by atoms with van der Waals surface area (Å²) in [5, 5.41) is 3.32. The standard InChI is InChI=1S/C14H27N5O/c1-14(2,3)13-17-11(10-12(18-13)19-15)16-8-6-5-7-9-20-4/h10H,5-9,15H2,1-4H3,(H2,16,17,18,19).